The van der Waals surface area contributed by atoms with E-state index in [9.17, 15) is 19.3 Å². The molecule has 172 valence electrons. The number of nitrogens with one attached hydrogen (secondary N) is 2. The molecule has 9 nitrogen and oxygen atoms in total. The molecule has 1 atom stereocenters. The fourth-order valence-electron chi connectivity index (χ4n) is 3.81. The van der Waals surface area contributed by atoms with E-state index in [1.807, 2.05) is 0 Å². The number of anilines is 2. The Bertz CT molecular complexity index is 979. The Morgan fingerprint density at radius 2 is 1.94 bits per heavy atom. The van der Waals surface area contributed by atoms with Crippen LogP contribution in [0.2, 0.25) is 0 Å². The van der Waals surface area contributed by atoms with Crippen LogP contribution in [-0.4, -0.2) is 55.7 Å². The molecule has 1 fully saturated rings. The van der Waals surface area contributed by atoms with Crippen molar-refractivity contribution < 1.29 is 18.8 Å². The van der Waals surface area contributed by atoms with Crippen LogP contribution in [0, 0.1) is 15.9 Å². The molecule has 1 aliphatic rings. The summed E-state index contributed by atoms with van der Waals surface area (Å²) >= 11 is 0. The Hall–Kier alpha value is -3.40. The van der Waals surface area contributed by atoms with E-state index in [4.69, 9.17) is 4.74 Å². The highest BCUT2D eigenvalue weighted by molar-refractivity contribution is 5.91. The molecule has 0 radical (unpaired) electrons. The van der Waals surface area contributed by atoms with Crippen molar-refractivity contribution in [2.45, 2.75) is 19.9 Å². The van der Waals surface area contributed by atoms with Gasteiger partial charge in [-0.05, 0) is 37.7 Å². The topological polar surface area (TPSA) is 100.0 Å². The number of ether oxygens (including phenoxy) is 1. The fraction of sp³-hybridized carbons (Fsp3) is 0.409. The lowest BCUT2D eigenvalue weighted by atomic mass is 10.0. The standard InChI is InChI=1S/C22H28FN5O4/c1-4-26-9-11-27(12-10-26)20-7-5-16(23)13-18(20)15(2)24-22(29)25-19-14-17(28(30)31)6-8-21(19)32-3/h5-8,13-15H,4,9-12H2,1-3H3,(H2,24,25,29). The number of non-ortho nitro benzene ring substituents is 1. The summed E-state index contributed by atoms with van der Waals surface area (Å²) < 4.78 is 19.2. The molecule has 3 rings (SSSR count). The van der Waals surface area contributed by atoms with Gasteiger partial charge in [0.2, 0.25) is 0 Å². The van der Waals surface area contributed by atoms with Crippen molar-refractivity contribution in [2.24, 2.45) is 0 Å². The number of hydrogen-bond acceptors (Lipinski definition) is 6. The maximum absolute atomic E-state index is 14.1. The van der Waals surface area contributed by atoms with Crippen LogP contribution in [0.25, 0.3) is 0 Å². The Kier molecular flexibility index (Phi) is 7.47. The highest BCUT2D eigenvalue weighted by atomic mass is 19.1. The van der Waals surface area contributed by atoms with Crippen LogP contribution in [0.1, 0.15) is 25.5 Å². The largest absolute Gasteiger partial charge is 0.495 e. The van der Waals surface area contributed by atoms with Crippen LogP contribution in [0.5, 0.6) is 5.75 Å². The number of piperazine rings is 1. The third-order valence-corrected chi connectivity index (χ3v) is 5.61. The number of nitrogens with zero attached hydrogens (tertiary/aromatic N) is 3. The summed E-state index contributed by atoms with van der Waals surface area (Å²) in [5.74, 6) is -0.0935. The third-order valence-electron chi connectivity index (χ3n) is 5.61. The first-order valence-electron chi connectivity index (χ1n) is 10.5. The number of methoxy groups -OCH3 is 1. The van der Waals surface area contributed by atoms with E-state index in [-0.39, 0.29) is 17.2 Å². The third kappa shape index (κ3) is 5.44. The quantitative estimate of drug-likeness (QED) is 0.497. The molecule has 0 bridgehead atoms. The van der Waals surface area contributed by atoms with Crippen molar-refractivity contribution >= 4 is 23.1 Å². The van der Waals surface area contributed by atoms with Crippen molar-refractivity contribution in [1.82, 2.24) is 10.2 Å². The predicted molar refractivity (Wildman–Crippen MR) is 121 cm³/mol. The zero-order valence-corrected chi connectivity index (χ0v) is 18.4. The minimum absolute atomic E-state index is 0.168. The number of nitro groups is 1. The second-order valence-corrected chi connectivity index (χ2v) is 7.59. The van der Waals surface area contributed by atoms with Crippen LogP contribution in [0.15, 0.2) is 36.4 Å². The van der Waals surface area contributed by atoms with Gasteiger partial charge in [0, 0.05) is 49.6 Å². The van der Waals surface area contributed by atoms with E-state index < -0.39 is 17.0 Å². The molecule has 1 saturated heterocycles. The van der Waals surface area contributed by atoms with Crippen LogP contribution < -0.4 is 20.3 Å². The molecule has 2 aromatic rings. The number of amides is 2. The summed E-state index contributed by atoms with van der Waals surface area (Å²) in [6.07, 6.45) is 0. The molecular weight excluding hydrogens is 417 g/mol. The molecule has 2 N–H and O–H groups in total. The molecule has 10 heteroatoms. The molecular formula is C22H28FN5O4. The van der Waals surface area contributed by atoms with Crippen LogP contribution in [0.3, 0.4) is 0 Å². The van der Waals surface area contributed by atoms with Gasteiger partial charge in [-0.15, -0.1) is 0 Å². The molecule has 0 spiro atoms. The average Bonchev–Trinajstić information content (AvgIpc) is 2.78. The molecule has 1 unspecified atom stereocenters. The Morgan fingerprint density at radius 1 is 1.22 bits per heavy atom. The van der Waals surface area contributed by atoms with Crippen molar-refractivity contribution in [1.29, 1.82) is 0 Å². The highest BCUT2D eigenvalue weighted by Gasteiger charge is 2.22. The summed E-state index contributed by atoms with van der Waals surface area (Å²) in [7, 11) is 1.41. The zero-order chi connectivity index (χ0) is 23.3. The number of carbonyl (C=O) groups excluding carboxylic acids is 1. The van der Waals surface area contributed by atoms with Gasteiger partial charge in [-0.25, -0.2) is 9.18 Å². The number of benzene rings is 2. The average molecular weight is 445 g/mol. The van der Waals surface area contributed by atoms with Crippen molar-refractivity contribution in [2.75, 3.05) is 50.1 Å². The summed E-state index contributed by atoms with van der Waals surface area (Å²) in [6, 6.07) is 7.44. The first-order valence-corrected chi connectivity index (χ1v) is 10.5. The van der Waals surface area contributed by atoms with Crippen LogP contribution in [0.4, 0.5) is 26.2 Å². The lowest BCUT2D eigenvalue weighted by Crippen LogP contribution is -2.46. The van der Waals surface area contributed by atoms with Gasteiger partial charge >= 0.3 is 6.03 Å². The minimum atomic E-state index is -0.581. The number of nitro benzene ring substituents is 1. The summed E-state index contributed by atoms with van der Waals surface area (Å²) in [4.78, 5) is 27.7. The van der Waals surface area contributed by atoms with Crippen molar-refractivity contribution in [3.63, 3.8) is 0 Å². The maximum Gasteiger partial charge on any atom is 0.319 e. The number of urea groups is 1. The summed E-state index contributed by atoms with van der Waals surface area (Å²) in [6.45, 7) is 8.35. The monoisotopic (exact) mass is 445 g/mol. The molecule has 1 aliphatic heterocycles. The smallest absolute Gasteiger partial charge is 0.319 e. The number of carbonyl (C=O) groups is 1. The first-order chi connectivity index (χ1) is 15.3. The molecule has 2 aromatic carbocycles. The second kappa shape index (κ2) is 10.3. The van der Waals surface area contributed by atoms with Gasteiger partial charge in [-0.1, -0.05) is 6.92 Å². The normalized spacial score (nSPS) is 15.2. The van der Waals surface area contributed by atoms with E-state index in [2.05, 4.69) is 27.4 Å². The van der Waals surface area contributed by atoms with Gasteiger partial charge in [0.1, 0.15) is 11.6 Å². The lowest BCUT2D eigenvalue weighted by Gasteiger charge is -2.37. The van der Waals surface area contributed by atoms with Gasteiger partial charge in [0.05, 0.1) is 23.8 Å². The van der Waals surface area contributed by atoms with Gasteiger partial charge in [0.15, 0.2) is 0 Å². The van der Waals surface area contributed by atoms with Gasteiger partial charge in [0.25, 0.3) is 5.69 Å². The molecule has 0 aromatic heterocycles. The minimum Gasteiger partial charge on any atom is -0.495 e. The number of rotatable bonds is 7. The molecule has 32 heavy (non-hydrogen) atoms. The van der Waals surface area contributed by atoms with Gasteiger partial charge in [-0.2, -0.15) is 0 Å². The molecule has 1 heterocycles. The van der Waals surface area contributed by atoms with E-state index in [1.165, 1.54) is 37.4 Å². The van der Waals surface area contributed by atoms with E-state index >= 15 is 0 Å². The lowest BCUT2D eigenvalue weighted by molar-refractivity contribution is -0.384. The highest BCUT2D eigenvalue weighted by Crippen LogP contribution is 2.30. The van der Waals surface area contributed by atoms with Crippen LogP contribution >= 0.6 is 0 Å². The SMILES string of the molecule is CCN1CCN(c2ccc(F)cc2C(C)NC(=O)Nc2cc([N+](=O)[O-])ccc2OC)CC1. The van der Waals surface area contributed by atoms with E-state index in [0.29, 0.717) is 11.3 Å². The molecule has 0 saturated carbocycles. The Labute approximate surface area is 186 Å². The van der Waals surface area contributed by atoms with Crippen molar-refractivity contribution in [3.05, 3.63) is 57.9 Å². The number of likely N-dealkylation sites (N-methyl/N-ethyl adjacent to an activating group) is 1. The van der Waals surface area contributed by atoms with Crippen molar-refractivity contribution in [3.8, 4) is 5.75 Å². The van der Waals surface area contributed by atoms with E-state index in [0.717, 1.165) is 38.4 Å². The number of hydrogen-bond donors (Lipinski definition) is 2. The zero-order valence-electron chi connectivity index (χ0n) is 18.4. The van der Waals surface area contributed by atoms with Gasteiger partial charge in [-0.3, -0.25) is 10.1 Å². The second-order valence-electron chi connectivity index (χ2n) is 7.59. The summed E-state index contributed by atoms with van der Waals surface area (Å²) in [5, 5.41) is 16.4. The Balaban J connectivity index is 1.75. The van der Waals surface area contributed by atoms with E-state index in [1.54, 1.807) is 13.0 Å². The number of halogens is 1. The maximum atomic E-state index is 14.1. The molecule has 0 aliphatic carbocycles. The van der Waals surface area contributed by atoms with Gasteiger partial charge < -0.3 is 25.2 Å². The summed E-state index contributed by atoms with van der Waals surface area (Å²) in [5.41, 5.74) is 1.54. The predicted octanol–water partition coefficient (Wildman–Crippen LogP) is 3.77. The molecule has 2 amide bonds. The fourth-order valence-corrected chi connectivity index (χ4v) is 3.81. The van der Waals surface area contributed by atoms with Crippen LogP contribution in [-0.2, 0) is 0 Å². The Morgan fingerprint density at radius 3 is 2.56 bits per heavy atom. The first kappa shape index (κ1) is 23.3.